The van der Waals surface area contributed by atoms with Gasteiger partial charge in [0, 0.05) is 17.8 Å². The number of ether oxygens (including phenoxy) is 1. The molecule has 3 rings (SSSR count). The Bertz CT molecular complexity index is 652. The summed E-state index contributed by atoms with van der Waals surface area (Å²) < 4.78 is 21.4. The standard InChI is InChI=1S/C20H32N2O2S2/c1-19(2,3)26(23)22-18-17-13-16(25-12-11-24-4)6-5-15(17)14-20(18)7-9-21-10-8-20/h5-6,13,18,21-22H,7-12,14H2,1-4H3/t18-,26-/m1/s1. The molecule has 146 valence electrons. The zero-order valence-electron chi connectivity index (χ0n) is 16.4. The highest BCUT2D eigenvalue weighted by Crippen LogP contribution is 2.52. The SMILES string of the molecule is COCCSc1ccc2c(c1)[C@@H](N[S@](=O)C(C)(C)C)C1(CCNCC1)C2. The third-order valence-corrected chi connectivity index (χ3v) is 8.04. The molecule has 1 heterocycles. The highest BCUT2D eigenvalue weighted by molar-refractivity contribution is 7.99. The number of methoxy groups -OCH3 is 1. The largest absolute Gasteiger partial charge is 0.384 e. The lowest BCUT2D eigenvalue weighted by atomic mass is 9.73. The summed E-state index contributed by atoms with van der Waals surface area (Å²) in [6, 6.07) is 7.01. The Hall–Kier alpha value is -0.400. The topological polar surface area (TPSA) is 50.4 Å². The van der Waals surface area contributed by atoms with Gasteiger partial charge in [0.25, 0.3) is 0 Å². The van der Waals surface area contributed by atoms with Gasteiger partial charge < -0.3 is 10.1 Å². The van der Waals surface area contributed by atoms with Crippen LogP contribution in [-0.2, 0) is 22.1 Å². The first kappa shape index (κ1) is 20.3. The van der Waals surface area contributed by atoms with Crippen LogP contribution >= 0.6 is 11.8 Å². The zero-order valence-corrected chi connectivity index (χ0v) is 18.0. The van der Waals surface area contributed by atoms with E-state index in [0.29, 0.717) is 0 Å². The minimum atomic E-state index is -1.07. The summed E-state index contributed by atoms with van der Waals surface area (Å²) in [5, 5.41) is 3.49. The first-order valence-electron chi connectivity index (χ1n) is 9.49. The second kappa shape index (κ2) is 8.31. The van der Waals surface area contributed by atoms with Crippen molar-refractivity contribution in [2.75, 3.05) is 32.6 Å². The minimum Gasteiger partial charge on any atom is -0.384 e. The molecule has 1 saturated heterocycles. The van der Waals surface area contributed by atoms with E-state index in [1.807, 2.05) is 32.5 Å². The van der Waals surface area contributed by atoms with Crippen LogP contribution in [0.3, 0.4) is 0 Å². The molecule has 2 N–H and O–H groups in total. The predicted molar refractivity (Wildman–Crippen MR) is 111 cm³/mol. The molecule has 0 saturated carbocycles. The Morgan fingerprint density at radius 2 is 2.08 bits per heavy atom. The van der Waals surface area contributed by atoms with E-state index in [-0.39, 0.29) is 16.2 Å². The predicted octanol–water partition coefficient (Wildman–Crippen LogP) is 3.44. The van der Waals surface area contributed by atoms with Crippen molar-refractivity contribution >= 4 is 22.7 Å². The second-order valence-corrected chi connectivity index (χ2v) is 11.6. The number of thioether (sulfide) groups is 1. The molecule has 1 aliphatic carbocycles. The van der Waals surface area contributed by atoms with Gasteiger partial charge >= 0.3 is 0 Å². The lowest BCUT2D eigenvalue weighted by Gasteiger charge is -2.40. The first-order valence-corrected chi connectivity index (χ1v) is 11.6. The van der Waals surface area contributed by atoms with Crippen molar-refractivity contribution in [2.45, 2.75) is 55.7 Å². The number of piperidine rings is 1. The van der Waals surface area contributed by atoms with Crippen molar-refractivity contribution < 1.29 is 8.95 Å². The van der Waals surface area contributed by atoms with Gasteiger partial charge in [-0.2, -0.15) is 0 Å². The van der Waals surface area contributed by atoms with Gasteiger partial charge in [-0.1, -0.05) is 6.07 Å². The Kier molecular flexibility index (Phi) is 6.50. The number of hydrogen-bond acceptors (Lipinski definition) is 4. The fraction of sp³-hybridized carbons (Fsp3) is 0.700. The summed E-state index contributed by atoms with van der Waals surface area (Å²) in [5.74, 6) is 0.955. The van der Waals surface area contributed by atoms with Crippen molar-refractivity contribution in [3.63, 3.8) is 0 Å². The van der Waals surface area contributed by atoms with Gasteiger partial charge in [-0.3, -0.25) is 0 Å². The maximum Gasteiger partial charge on any atom is 0.0976 e. The van der Waals surface area contributed by atoms with E-state index in [2.05, 4.69) is 28.2 Å². The summed E-state index contributed by atoms with van der Waals surface area (Å²) >= 11 is 1.83. The van der Waals surface area contributed by atoms with Gasteiger partial charge in [0.05, 0.1) is 28.4 Å². The monoisotopic (exact) mass is 396 g/mol. The number of hydrogen-bond donors (Lipinski definition) is 2. The summed E-state index contributed by atoms with van der Waals surface area (Å²) in [4.78, 5) is 1.28. The van der Waals surface area contributed by atoms with E-state index in [1.165, 1.54) is 16.0 Å². The van der Waals surface area contributed by atoms with Gasteiger partial charge in [-0.15, -0.1) is 11.8 Å². The first-order chi connectivity index (χ1) is 12.4. The Morgan fingerprint density at radius 3 is 2.73 bits per heavy atom. The van der Waals surface area contributed by atoms with Crippen molar-refractivity contribution in [2.24, 2.45) is 5.41 Å². The molecule has 1 aliphatic heterocycles. The molecule has 6 heteroatoms. The Balaban J connectivity index is 1.89. The van der Waals surface area contributed by atoms with E-state index >= 15 is 0 Å². The van der Waals surface area contributed by atoms with Crippen LogP contribution in [0, 0.1) is 5.41 Å². The fourth-order valence-corrected chi connectivity index (χ4v) is 5.81. The molecule has 1 aromatic carbocycles. The average molecular weight is 397 g/mol. The van der Waals surface area contributed by atoms with Crippen LogP contribution in [0.15, 0.2) is 23.1 Å². The Morgan fingerprint density at radius 1 is 1.35 bits per heavy atom. The molecule has 0 amide bonds. The average Bonchev–Trinajstić information content (AvgIpc) is 2.88. The third kappa shape index (κ3) is 4.36. The van der Waals surface area contributed by atoms with Gasteiger partial charge in [0.1, 0.15) is 0 Å². The molecular weight excluding hydrogens is 364 g/mol. The van der Waals surface area contributed by atoms with Crippen molar-refractivity contribution in [3.05, 3.63) is 29.3 Å². The molecule has 1 spiro atoms. The van der Waals surface area contributed by atoms with E-state index in [1.54, 1.807) is 7.11 Å². The summed E-state index contributed by atoms with van der Waals surface area (Å²) in [6.07, 6.45) is 3.35. The molecule has 0 aromatic heterocycles. The van der Waals surface area contributed by atoms with Crippen LogP contribution in [0.4, 0.5) is 0 Å². The number of fused-ring (bicyclic) bond motifs is 1. The maximum atomic E-state index is 12.9. The molecule has 2 aliphatic rings. The van der Waals surface area contributed by atoms with E-state index in [9.17, 15) is 4.21 Å². The van der Waals surface area contributed by atoms with Crippen LogP contribution in [0.1, 0.15) is 50.8 Å². The number of nitrogens with one attached hydrogen (secondary N) is 2. The normalized spacial score (nSPS) is 23.2. The molecule has 0 unspecified atom stereocenters. The van der Waals surface area contributed by atoms with Crippen molar-refractivity contribution in [1.82, 2.24) is 10.0 Å². The van der Waals surface area contributed by atoms with E-state index in [4.69, 9.17) is 4.74 Å². The van der Waals surface area contributed by atoms with E-state index in [0.717, 1.165) is 44.7 Å². The molecule has 0 radical (unpaired) electrons. The quantitative estimate of drug-likeness (QED) is 0.571. The van der Waals surface area contributed by atoms with Crippen LogP contribution in [0.2, 0.25) is 0 Å². The molecule has 2 atom stereocenters. The fourth-order valence-electron chi connectivity index (χ4n) is 4.01. The van der Waals surface area contributed by atoms with Gasteiger partial charge in [-0.05, 0) is 81.8 Å². The van der Waals surface area contributed by atoms with Crippen molar-refractivity contribution in [1.29, 1.82) is 0 Å². The molecule has 0 bridgehead atoms. The molecular formula is C20H32N2O2S2. The maximum absolute atomic E-state index is 12.9. The lowest BCUT2D eigenvalue weighted by Crippen LogP contribution is -2.46. The smallest absolute Gasteiger partial charge is 0.0976 e. The van der Waals surface area contributed by atoms with Gasteiger partial charge in [0.15, 0.2) is 0 Å². The molecule has 1 fully saturated rings. The summed E-state index contributed by atoms with van der Waals surface area (Å²) in [7, 11) is 0.669. The second-order valence-electron chi connectivity index (χ2n) is 8.42. The zero-order chi connectivity index (χ0) is 18.8. The molecule has 1 aromatic rings. The molecule has 4 nitrogen and oxygen atoms in total. The Labute approximate surface area is 164 Å². The highest BCUT2D eigenvalue weighted by Gasteiger charge is 2.47. The van der Waals surface area contributed by atoms with Crippen molar-refractivity contribution in [3.8, 4) is 0 Å². The molecule has 26 heavy (non-hydrogen) atoms. The highest BCUT2D eigenvalue weighted by atomic mass is 32.2. The van der Waals surface area contributed by atoms with Crippen LogP contribution in [0.5, 0.6) is 0 Å². The summed E-state index contributed by atoms with van der Waals surface area (Å²) in [5.41, 5.74) is 2.96. The van der Waals surface area contributed by atoms with Gasteiger partial charge in [0.2, 0.25) is 0 Å². The summed E-state index contributed by atoms with van der Waals surface area (Å²) in [6.45, 7) is 8.97. The number of rotatable bonds is 6. The lowest BCUT2D eigenvalue weighted by molar-refractivity contribution is 0.164. The third-order valence-electron chi connectivity index (χ3n) is 5.52. The van der Waals surface area contributed by atoms with Gasteiger partial charge in [-0.25, -0.2) is 8.93 Å². The van der Waals surface area contributed by atoms with Crippen LogP contribution in [-0.4, -0.2) is 41.5 Å². The minimum absolute atomic E-state index is 0.169. The number of benzene rings is 1. The van der Waals surface area contributed by atoms with E-state index < -0.39 is 11.0 Å². The van der Waals surface area contributed by atoms with Crippen LogP contribution in [0.25, 0.3) is 0 Å². The van der Waals surface area contributed by atoms with Crippen LogP contribution < -0.4 is 10.0 Å².